The summed E-state index contributed by atoms with van der Waals surface area (Å²) in [7, 11) is 0. The number of carbonyl (C=O) groups is 1. The first-order chi connectivity index (χ1) is 7.79. The fraction of sp³-hybridized carbons (Fsp3) is 0.357. The van der Waals surface area contributed by atoms with E-state index in [2.05, 4.69) is 18.8 Å². The quantitative estimate of drug-likeness (QED) is 0.729. The van der Waals surface area contributed by atoms with E-state index >= 15 is 0 Å². The molecule has 86 valence electrons. The van der Waals surface area contributed by atoms with Gasteiger partial charge in [-0.05, 0) is 12.0 Å². The van der Waals surface area contributed by atoms with E-state index in [1.54, 1.807) is 6.08 Å². The van der Waals surface area contributed by atoms with Crippen molar-refractivity contribution in [1.29, 1.82) is 0 Å². The molecule has 1 aromatic rings. The maximum Gasteiger partial charge on any atom is 0.227 e. The lowest BCUT2D eigenvalue weighted by molar-refractivity contribution is -0.122. The van der Waals surface area contributed by atoms with Crippen LogP contribution in [0.3, 0.4) is 0 Å². The van der Waals surface area contributed by atoms with Crippen molar-refractivity contribution in [3.8, 4) is 0 Å². The van der Waals surface area contributed by atoms with Crippen molar-refractivity contribution in [2.45, 2.75) is 25.7 Å². The first-order valence-electron chi connectivity index (χ1n) is 5.73. The molecule has 0 saturated heterocycles. The Labute approximate surface area is 97.4 Å². The van der Waals surface area contributed by atoms with Gasteiger partial charge in [0.25, 0.3) is 0 Å². The molecular formula is C14H19NO. The molecule has 1 amide bonds. The summed E-state index contributed by atoms with van der Waals surface area (Å²) in [5, 5.41) is 2.86. The fourth-order valence-electron chi connectivity index (χ4n) is 1.72. The molecule has 1 aromatic carbocycles. The van der Waals surface area contributed by atoms with Crippen LogP contribution in [0.1, 0.15) is 31.2 Å². The third-order valence-electron chi connectivity index (χ3n) is 2.52. The van der Waals surface area contributed by atoms with Gasteiger partial charge in [0.05, 0.1) is 5.92 Å². The molecule has 2 nitrogen and oxygen atoms in total. The van der Waals surface area contributed by atoms with E-state index in [1.807, 2.05) is 30.3 Å². The Kier molecular flexibility index (Phi) is 5.34. The van der Waals surface area contributed by atoms with Crippen LogP contribution >= 0.6 is 0 Å². The summed E-state index contributed by atoms with van der Waals surface area (Å²) >= 11 is 0. The number of hydrogen-bond donors (Lipinski definition) is 1. The molecule has 1 unspecified atom stereocenters. The topological polar surface area (TPSA) is 29.1 Å². The third-order valence-corrected chi connectivity index (χ3v) is 2.52. The molecule has 0 aliphatic rings. The Balaban J connectivity index is 2.74. The first kappa shape index (κ1) is 12.5. The molecule has 2 heteroatoms. The molecule has 0 radical (unpaired) electrons. The maximum absolute atomic E-state index is 11.9. The first-order valence-corrected chi connectivity index (χ1v) is 5.73. The molecule has 0 aliphatic carbocycles. The highest BCUT2D eigenvalue weighted by atomic mass is 16.1. The van der Waals surface area contributed by atoms with Gasteiger partial charge < -0.3 is 5.32 Å². The zero-order valence-electron chi connectivity index (χ0n) is 9.78. The normalized spacial score (nSPS) is 11.8. The van der Waals surface area contributed by atoms with Crippen LogP contribution in [0.25, 0.3) is 0 Å². The second kappa shape index (κ2) is 6.83. The minimum atomic E-state index is -0.0360. The molecule has 0 fully saturated rings. The number of carbonyl (C=O) groups excluding carboxylic acids is 1. The van der Waals surface area contributed by atoms with Crippen LogP contribution in [0.5, 0.6) is 0 Å². The predicted octanol–water partition coefficient (Wildman–Crippen LogP) is 2.87. The van der Waals surface area contributed by atoms with Crippen LogP contribution in [0, 0.1) is 0 Å². The van der Waals surface area contributed by atoms with E-state index in [0.29, 0.717) is 6.54 Å². The highest BCUT2D eigenvalue weighted by Crippen LogP contribution is 2.21. The van der Waals surface area contributed by atoms with Crippen LogP contribution in [0.2, 0.25) is 0 Å². The molecule has 0 aliphatic heterocycles. The lowest BCUT2D eigenvalue weighted by Gasteiger charge is -2.15. The summed E-state index contributed by atoms with van der Waals surface area (Å²) in [6.07, 6.45) is 3.58. The highest BCUT2D eigenvalue weighted by molar-refractivity contribution is 5.83. The van der Waals surface area contributed by atoms with Gasteiger partial charge in [0.2, 0.25) is 5.91 Å². The van der Waals surface area contributed by atoms with Crippen molar-refractivity contribution < 1.29 is 4.79 Å². The summed E-state index contributed by atoms with van der Waals surface area (Å²) in [5.41, 5.74) is 1.09. The van der Waals surface area contributed by atoms with E-state index in [-0.39, 0.29) is 11.8 Å². The zero-order valence-corrected chi connectivity index (χ0v) is 9.78. The average molecular weight is 217 g/mol. The molecule has 1 atom stereocenters. The SMILES string of the molecule is C=CCNC(=O)C(CCC)c1ccccc1. The number of rotatable bonds is 6. The highest BCUT2D eigenvalue weighted by Gasteiger charge is 2.18. The fourth-order valence-corrected chi connectivity index (χ4v) is 1.72. The zero-order chi connectivity index (χ0) is 11.8. The molecular weight excluding hydrogens is 198 g/mol. The summed E-state index contributed by atoms with van der Waals surface area (Å²) < 4.78 is 0. The van der Waals surface area contributed by atoms with Crippen molar-refractivity contribution in [2.75, 3.05) is 6.54 Å². The Morgan fingerprint density at radius 3 is 2.69 bits per heavy atom. The lowest BCUT2D eigenvalue weighted by atomic mass is 9.94. The molecule has 0 heterocycles. The predicted molar refractivity (Wildman–Crippen MR) is 67.3 cm³/mol. The molecule has 0 saturated carbocycles. The van der Waals surface area contributed by atoms with Gasteiger partial charge in [0.1, 0.15) is 0 Å². The van der Waals surface area contributed by atoms with Crippen molar-refractivity contribution in [3.63, 3.8) is 0 Å². The summed E-state index contributed by atoms with van der Waals surface area (Å²) in [4.78, 5) is 11.9. The van der Waals surface area contributed by atoms with E-state index in [0.717, 1.165) is 18.4 Å². The van der Waals surface area contributed by atoms with Gasteiger partial charge in [-0.3, -0.25) is 4.79 Å². The number of hydrogen-bond acceptors (Lipinski definition) is 1. The van der Waals surface area contributed by atoms with E-state index in [9.17, 15) is 4.79 Å². The van der Waals surface area contributed by atoms with Crippen molar-refractivity contribution in [1.82, 2.24) is 5.32 Å². The van der Waals surface area contributed by atoms with Crippen LogP contribution < -0.4 is 5.32 Å². The van der Waals surface area contributed by atoms with Gasteiger partial charge in [-0.2, -0.15) is 0 Å². The van der Waals surface area contributed by atoms with Crippen LogP contribution in [-0.4, -0.2) is 12.5 Å². The summed E-state index contributed by atoms with van der Waals surface area (Å²) in [6.45, 7) is 6.22. The second-order valence-corrected chi connectivity index (χ2v) is 3.79. The molecule has 0 bridgehead atoms. The second-order valence-electron chi connectivity index (χ2n) is 3.79. The molecule has 1 rings (SSSR count). The Morgan fingerprint density at radius 1 is 1.44 bits per heavy atom. The molecule has 1 N–H and O–H groups in total. The number of benzene rings is 1. The van der Waals surface area contributed by atoms with Crippen LogP contribution in [-0.2, 0) is 4.79 Å². The van der Waals surface area contributed by atoms with Gasteiger partial charge in [-0.1, -0.05) is 49.8 Å². The minimum absolute atomic E-state index is 0.0360. The molecule has 0 spiro atoms. The minimum Gasteiger partial charge on any atom is -0.352 e. The third kappa shape index (κ3) is 3.54. The summed E-state index contributed by atoms with van der Waals surface area (Å²) in [5.74, 6) is 0.0547. The van der Waals surface area contributed by atoms with Crippen molar-refractivity contribution in [3.05, 3.63) is 48.6 Å². The molecule has 0 aromatic heterocycles. The van der Waals surface area contributed by atoms with Crippen molar-refractivity contribution >= 4 is 5.91 Å². The van der Waals surface area contributed by atoms with Gasteiger partial charge in [-0.15, -0.1) is 6.58 Å². The van der Waals surface area contributed by atoms with Crippen LogP contribution in [0.4, 0.5) is 0 Å². The van der Waals surface area contributed by atoms with E-state index in [4.69, 9.17) is 0 Å². The van der Waals surface area contributed by atoms with Crippen molar-refractivity contribution in [2.24, 2.45) is 0 Å². The standard InChI is InChI=1S/C14H19NO/c1-3-8-13(14(16)15-11-4-2)12-9-6-5-7-10-12/h4-7,9-10,13H,2-3,8,11H2,1H3,(H,15,16). The van der Waals surface area contributed by atoms with Gasteiger partial charge in [-0.25, -0.2) is 0 Å². The largest absolute Gasteiger partial charge is 0.352 e. The van der Waals surface area contributed by atoms with E-state index < -0.39 is 0 Å². The van der Waals surface area contributed by atoms with Gasteiger partial charge in [0, 0.05) is 6.54 Å². The van der Waals surface area contributed by atoms with E-state index in [1.165, 1.54) is 0 Å². The maximum atomic E-state index is 11.9. The van der Waals surface area contributed by atoms with Crippen LogP contribution in [0.15, 0.2) is 43.0 Å². The Hall–Kier alpha value is -1.57. The smallest absolute Gasteiger partial charge is 0.227 e. The summed E-state index contributed by atoms with van der Waals surface area (Å²) in [6, 6.07) is 9.92. The lowest BCUT2D eigenvalue weighted by Crippen LogP contribution is -2.29. The monoisotopic (exact) mass is 217 g/mol. The number of nitrogens with one attached hydrogen (secondary N) is 1. The average Bonchev–Trinajstić information content (AvgIpc) is 2.34. The number of amides is 1. The Bertz CT molecular complexity index is 332. The Morgan fingerprint density at radius 2 is 2.12 bits per heavy atom. The molecule has 16 heavy (non-hydrogen) atoms. The van der Waals surface area contributed by atoms with Gasteiger partial charge in [0.15, 0.2) is 0 Å². The van der Waals surface area contributed by atoms with Gasteiger partial charge >= 0.3 is 0 Å².